The second-order valence-corrected chi connectivity index (χ2v) is 8.07. The lowest BCUT2D eigenvalue weighted by molar-refractivity contribution is 0.0694. The summed E-state index contributed by atoms with van der Waals surface area (Å²) in [6.07, 6.45) is 0. The zero-order valence-corrected chi connectivity index (χ0v) is 12.9. The van der Waals surface area contributed by atoms with E-state index in [2.05, 4.69) is 20.7 Å². The molecular formula is C11H8BrNO5S2. The highest BCUT2D eigenvalue weighted by Gasteiger charge is 2.18. The van der Waals surface area contributed by atoms with Gasteiger partial charge in [0.05, 0.1) is 3.79 Å². The third-order valence-electron chi connectivity index (χ3n) is 2.29. The van der Waals surface area contributed by atoms with Crippen LogP contribution in [0.15, 0.2) is 38.3 Å². The van der Waals surface area contributed by atoms with E-state index in [4.69, 9.17) is 5.11 Å². The molecule has 1 aromatic carbocycles. The number of phenols is 1. The van der Waals surface area contributed by atoms with E-state index in [9.17, 15) is 18.3 Å². The van der Waals surface area contributed by atoms with Gasteiger partial charge in [0, 0.05) is 5.69 Å². The fourth-order valence-corrected chi connectivity index (χ4v) is 4.48. The van der Waals surface area contributed by atoms with Crippen molar-refractivity contribution in [1.82, 2.24) is 0 Å². The molecular weight excluding hydrogens is 370 g/mol. The van der Waals surface area contributed by atoms with E-state index in [-0.39, 0.29) is 15.5 Å². The SMILES string of the molecule is O=C(O)c1cc(NS(=O)(=O)c2ccc(Br)s2)ccc1O. The molecule has 0 spiro atoms. The van der Waals surface area contributed by atoms with Gasteiger partial charge in [0.1, 0.15) is 15.5 Å². The van der Waals surface area contributed by atoms with Crippen LogP contribution in [-0.2, 0) is 10.0 Å². The average Bonchev–Trinajstić information content (AvgIpc) is 2.78. The van der Waals surface area contributed by atoms with Gasteiger partial charge in [0.25, 0.3) is 10.0 Å². The highest BCUT2D eigenvalue weighted by Crippen LogP contribution is 2.28. The van der Waals surface area contributed by atoms with E-state index >= 15 is 0 Å². The lowest BCUT2D eigenvalue weighted by Gasteiger charge is -2.07. The Morgan fingerprint density at radius 2 is 1.95 bits per heavy atom. The Morgan fingerprint density at radius 3 is 2.50 bits per heavy atom. The fraction of sp³-hybridized carbons (Fsp3) is 0. The summed E-state index contributed by atoms with van der Waals surface area (Å²) in [7, 11) is -3.78. The molecule has 2 aromatic rings. The smallest absolute Gasteiger partial charge is 0.339 e. The number of carboxylic acid groups (broad SMARTS) is 1. The molecule has 0 fully saturated rings. The molecule has 1 aromatic heterocycles. The van der Waals surface area contributed by atoms with E-state index < -0.39 is 21.7 Å². The first-order chi connectivity index (χ1) is 9.29. The summed E-state index contributed by atoms with van der Waals surface area (Å²) < 4.78 is 27.1. The van der Waals surface area contributed by atoms with Crippen molar-refractivity contribution in [1.29, 1.82) is 0 Å². The molecule has 3 N–H and O–H groups in total. The Bertz CT molecular complexity index is 769. The lowest BCUT2D eigenvalue weighted by Crippen LogP contribution is -2.12. The van der Waals surface area contributed by atoms with E-state index in [1.807, 2.05) is 0 Å². The second-order valence-electron chi connectivity index (χ2n) is 3.70. The molecule has 0 radical (unpaired) electrons. The summed E-state index contributed by atoms with van der Waals surface area (Å²) in [6.45, 7) is 0. The predicted octanol–water partition coefficient (Wildman–Crippen LogP) is 2.72. The number of anilines is 1. The predicted molar refractivity (Wildman–Crippen MR) is 77.9 cm³/mol. The number of hydrogen-bond acceptors (Lipinski definition) is 5. The maximum absolute atomic E-state index is 12.0. The van der Waals surface area contributed by atoms with E-state index in [0.29, 0.717) is 3.79 Å². The molecule has 1 heterocycles. The van der Waals surface area contributed by atoms with Gasteiger partial charge in [-0.05, 0) is 46.3 Å². The number of aromatic carboxylic acids is 1. The normalized spacial score (nSPS) is 11.2. The van der Waals surface area contributed by atoms with Crippen molar-refractivity contribution in [2.45, 2.75) is 4.21 Å². The van der Waals surface area contributed by atoms with Crippen LogP contribution in [0.4, 0.5) is 5.69 Å². The van der Waals surface area contributed by atoms with Gasteiger partial charge in [-0.25, -0.2) is 13.2 Å². The third-order valence-corrected chi connectivity index (χ3v) is 5.79. The molecule has 0 unspecified atom stereocenters. The quantitative estimate of drug-likeness (QED) is 0.710. The minimum absolute atomic E-state index is 0.0599. The highest BCUT2D eigenvalue weighted by molar-refractivity contribution is 9.11. The maximum Gasteiger partial charge on any atom is 0.339 e. The summed E-state index contributed by atoms with van der Waals surface area (Å²) in [5, 5.41) is 18.2. The van der Waals surface area contributed by atoms with Crippen molar-refractivity contribution in [3.63, 3.8) is 0 Å². The highest BCUT2D eigenvalue weighted by atomic mass is 79.9. The van der Waals surface area contributed by atoms with Crippen LogP contribution >= 0.6 is 27.3 Å². The first-order valence-corrected chi connectivity index (χ1v) is 8.23. The van der Waals surface area contributed by atoms with Crippen LogP contribution in [0.5, 0.6) is 5.75 Å². The van der Waals surface area contributed by atoms with Gasteiger partial charge >= 0.3 is 5.97 Å². The Kier molecular flexibility index (Phi) is 4.02. The third kappa shape index (κ3) is 3.11. The zero-order valence-electron chi connectivity index (χ0n) is 9.70. The molecule has 0 saturated carbocycles. The van der Waals surface area contributed by atoms with E-state index in [0.717, 1.165) is 23.5 Å². The molecule has 6 nitrogen and oxygen atoms in total. The second kappa shape index (κ2) is 5.43. The van der Waals surface area contributed by atoms with Crippen molar-refractivity contribution >= 4 is 48.9 Å². The number of thiophene rings is 1. The molecule has 0 bridgehead atoms. The van der Waals surface area contributed by atoms with Gasteiger partial charge in [0.15, 0.2) is 0 Å². The molecule has 0 amide bonds. The minimum atomic E-state index is -3.78. The molecule has 0 saturated heterocycles. The first kappa shape index (κ1) is 14.8. The van der Waals surface area contributed by atoms with Crippen molar-refractivity contribution in [2.75, 3.05) is 4.72 Å². The zero-order chi connectivity index (χ0) is 14.9. The number of benzene rings is 1. The summed E-state index contributed by atoms with van der Waals surface area (Å²) in [6, 6.07) is 6.47. The van der Waals surface area contributed by atoms with Crippen LogP contribution in [-0.4, -0.2) is 24.6 Å². The largest absolute Gasteiger partial charge is 0.507 e. The van der Waals surface area contributed by atoms with Crippen molar-refractivity contribution in [3.05, 3.63) is 39.7 Å². The number of halogens is 1. The number of hydrogen-bond donors (Lipinski definition) is 3. The lowest BCUT2D eigenvalue weighted by atomic mass is 10.2. The van der Waals surface area contributed by atoms with Gasteiger partial charge < -0.3 is 10.2 Å². The Morgan fingerprint density at radius 1 is 1.25 bits per heavy atom. The number of sulfonamides is 1. The van der Waals surface area contributed by atoms with Crippen molar-refractivity contribution in [2.24, 2.45) is 0 Å². The average molecular weight is 378 g/mol. The molecule has 2 rings (SSSR count). The van der Waals surface area contributed by atoms with Crippen LogP contribution < -0.4 is 4.72 Å². The number of carbonyl (C=O) groups is 1. The van der Waals surface area contributed by atoms with Gasteiger partial charge in [-0.2, -0.15) is 0 Å². The van der Waals surface area contributed by atoms with Gasteiger partial charge in [-0.3, -0.25) is 4.72 Å². The maximum atomic E-state index is 12.0. The topological polar surface area (TPSA) is 104 Å². The molecule has 0 atom stereocenters. The monoisotopic (exact) mass is 377 g/mol. The summed E-state index contributed by atoms with van der Waals surface area (Å²) in [5.74, 6) is -1.78. The van der Waals surface area contributed by atoms with Crippen LogP contribution in [0.1, 0.15) is 10.4 Å². The standard InChI is InChI=1S/C11H8BrNO5S2/c12-9-3-4-10(19-9)20(17,18)13-6-1-2-8(14)7(5-6)11(15)16/h1-5,13-14H,(H,15,16). The fourth-order valence-electron chi connectivity index (χ4n) is 1.42. The van der Waals surface area contributed by atoms with E-state index in [1.54, 1.807) is 6.07 Å². The Balaban J connectivity index is 2.35. The van der Waals surface area contributed by atoms with Crippen molar-refractivity contribution in [3.8, 4) is 5.75 Å². The molecule has 106 valence electrons. The number of aromatic hydroxyl groups is 1. The van der Waals surface area contributed by atoms with Crippen LogP contribution in [0.2, 0.25) is 0 Å². The summed E-state index contributed by atoms with van der Waals surface area (Å²) in [5.41, 5.74) is -0.317. The Hall–Kier alpha value is -1.58. The number of carboxylic acids is 1. The molecule has 0 aliphatic rings. The first-order valence-electron chi connectivity index (χ1n) is 5.14. The summed E-state index contributed by atoms with van der Waals surface area (Å²) >= 11 is 4.19. The van der Waals surface area contributed by atoms with Gasteiger partial charge in [0.2, 0.25) is 0 Å². The van der Waals surface area contributed by atoms with E-state index in [1.165, 1.54) is 12.1 Å². The van der Waals surface area contributed by atoms with Crippen LogP contribution in [0, 0.1) is 0 Å². The van der Waals surface area contributed by atoms with Crippen molar-refractivity contribution < 1.29 is 23.4 Å². The van der Waals surface area contributed by atoms with Crippen LogP contribution in [0.25, 0.3) is 0 Å². The molecule has 0 aliphatic carbocycles. The molecule has 0 aliphatic heterocycles. The minimum Gasteiger partial charge on any atom is -0.507 e. The number of rotatable bonds is 4. The Labute approximate surface area is 126 Å². The van der Waals surface area contributed by atoms with Crippen LogP contribution in [0.3, 0.4) is 0 Å². The summed E-state index contributed by atoms with van der Waals surface area (Å²) in [4.78, 5) is 10.9. The molecule has 20 heavy (non-hydrogen) atoms. The molecule has 9 heteroatoms. The van der Waals surface area contributed by atoms with Gasteiger partial charge in [-0.1, -0.05) is 0 Å². The number of nitrogens with one attached hydrogen (secondary N) is 1. The van der Waals surface area contributed by atoms with Gasteiger partial charge in [-0.15, -0.1) is 11.3 Å².